The van der Waals surface area contributed by atoms with Gasteiger partial charge in [0, 0.05) is 43.2 Å². The lowest BCUT2D eigenvalue weighted by Gasteiger charge is -2.37. The summed E-state index contributed by atoms with van der Waals surface area (Å²) in [7, 11) is -0.811. The molecule has 52 heavy (non-hydrogen) atoms. The second kappa shape index (κ2) is 15.3. The van der Waals surface area contributed by atoms with Crippen molar-refractivity contribution in [3.63, 3.8) is 0 Å². The molecule has 3 amide bonds. The predicted octanol–water partition coefficient (Wildman–Crippen LogP) is 6.45. The summed E-state index contributed by atoms with van der Waals surface area (Å²) in [5.41, 5.74) is 3.44. The average Bonchev–Trinajstić information content (AvgIpc) is 3.89. The number of amides is 3. The maximum Gasteiger partial charge on any atom is 0.264 e. The van der Waals surface area contributed by atoms with Crippen LogP contribution in [0.25, 0.3) is 0 Å². The highest BCUT2D eigenvalue weighted by Gasteiger charge is 2.66. The van der Waals surface area contributed by atoms with Crippen molar-refractivity contribution >= 4 is 42.4 Å². The van der Waals surface area contributed by atoms with E-state index in [0.29, 0.717) is 26.1 Å². The molecule has 0 aromatic heterocycles. The number of ether oxygens (including phenoxy) is 2. The number of methoxy groups -OCH3 is 1. The molecule has 2 aromatic carbocycles. The Hall–Kier alpha value is -3.73. The molecule has 10 heteroatoms. The molecule has 0 radical (unpaired) electrons. The van der Waals surface area contributed by atoms with E-state index in [-0.39, 0.29) is 48.3 Å². The largest absolute Gasteiger partial charge is 0.497 e. The Morgan fingerprint density at radius 2 is 1.81 bits per heavy atom. The van der Waals surface area contributed by atoms with Gasteiger partial charge >= 0.3 is 0 Å². The van der Waals surface area contributed by atoms with Gasteiger partial charge in [-0.1, -0.05) is 60.6 Å². The van der Waals surface area contributed by atoms with E-state index in [9.17, 15) is 14.7 Å². The lowest BCUT2D eigenvalue weighted by molar-refractivity contribution is -0.149. The number of fused-ring (bicyclic) bond motifs is 2. The highest BCUT2D eigenvalue weighted by Crippen LogP contribution is 2.60. The summed E-state index contributed by atoms with van der Waals surface area (Å²) in [4.78, 5) is 47.8. The molecule has 1 spiro atoms. The van der Waals surface area contributed by atoms with Crippen LogP contribution < -0.4 is 19.7 Å². The molecule has 4 aliphatic heterocycles. The summed E-state index contributed by atoms with van der Waals surface area (Å²) in [5.74, 6) is 0.445. The minimum atomic E-state index is -2.47. The second-order valence-electron chi connectivity index (χ2n) is 16.1. The molecular formula is C42H57N3O6Si. The van der Waals surface area contributed by atoms with Gasteiger partial charge in [0.1, 0.15) is 5.75 Å². The van der Waals surface area contributed by atoms with Crippen LogP contribution in [0.1, 0.15) is 78.2 Å². The molecule has 9 nitrogen and oxygen atoms in total. The highest BCUT2D eigenvalue weighted by atomic mass is 28.3. The monoisotopic (exact) mass is 727 g/mol. The van der Waals surface area contributed by atoms with Crippen molar-refractivity contribution in [3.05, 3.63) is 71.3 Å². The molecule has 0 bridgehead atoms. The Morgan fingerprint density at radius 1 is 1.06 bits per heavy atom. The topological polar surface area (TPSA) is 99.6 Å². The SMILES string of the molecule is COc1ccc([Si](C)(C)[C@H]2[C@H](CC(=O)N3CCC[C@H]3CO)O[C@@]3(C(=O)N(C/C=C(\C)CCC=C(C)C)c4ccc(N5CCCC5=O)cc43)[C@@H]2C)cc1. The third-order valence-corrected chi connectivity index (χ3v) is 16.6. The minimum Gasteiger partial charge on any atom is -0.497 e. The van der Waals surface area contributed by atoms with Crippen LogP contribution in [0.2, 0.25) is 18.6 Å². The lowest BCUT2D eigenvalue weighted by Crippen LogP contribution is -2.52. The number of benzene rings is 2. The maximum absolute atomic E-state index is 15.2. The first kappa shape index (κ1) is 38.0. The van der Waals surface area contributed by atoms with Gasteiger partial charge < -0.3 is 29.3 Å². The van der Waals surface area contributed by atoms with Crippen molar-refractivity contribution in [1.82, 2.24) is 4.90 Å². The molecule has 3 fully saturated rings. The summed E-state index contributed by atoms with van der Waals surface area (Å²) in [6.07, 6.45) is 8.80. The fourth-order valence-electron chi connectivity index (χ4n) is 9.35. The zero-order valence-corrected chi connectivity index (χ0v) is 33.1. The molecule has 1 N–H and O–H groups in total. The maximum atomic E-state index is 15.2. The molecule has 0 aliphatic carbocycles. The number of allylic oxidation sites excluding steroid dienone is 3. The molecule has 4 aliphatic rings. The smallest absolute Gasteiger partial charge is 0.264 e. The van der Waals surface area contributed by atoms with Gasteiger partial charge in [-0.2, -0.15) is 0 Å². The third kappa shape index (κ3) is 6.89. The van der Waals surface area contributed by atoms with Gasteiger partial charge in [0.2, 0.25) is 11.8 Å². The van der Waals surface area contributed by atoms with Crippen LogP contribution in [0.4, 0.5) is 11.4 Å². The number of hydrogen-bond acceptors (Lipinski definition) is 6. The third-order valence-electron chi connectivity index (χ3n) is 12.2. The fourth-order valence-corrected chi connectivity index (χ4v) is 13.4. The van der Waals surface area contributed by atoms with Gasteiger partial charge in [-0.3, -0.25) is 14.4 Å². The Labute approximate surface area is 310 Å². The minimum absolute atomic E-state index is 0.0378. The van der Waals surface area contributed by atoms with Crippen molar-refractivity contribution in [2.75, 3.05) is 43.2 Å². The van der Waals surface area contributed by atoms with Gasteiger partial charge in [-0.05, 0) is 88.7 Å². The first-order valence-corrected chi connectivity index (χ1v) is 22.2. The van der Waals surface area contributed by atoms with Crippen molar-refractivity contribution in [2.24, 2.45) is 5.92 Å². The standard InChI is InChI=1S/C42H57N3O6Si/c1-28(2)11-8-12-29(3)21-24-45-36-20-15-31(43-23-10-14-38(43)47)25-35(36)42(41(45)49)30(4)40(52(6,7)34-18-16-33(50-5)17-19-34)37(51-42)26-39(48)44-22-9-13-32(44)27-46/h11,15-21,25,30,32,37,40,46H,8-10,12-14,22-24,26-27H2,1-7H3/b29-21+/t30-,32+,37+,40-,42+/m1/s1. The van der Waals surface area contributed by atoms with E-state index >= 15 is 4.79 Å². The molecule has 280 valence electrons. The molecular weight excluding hydrogens is 671 g/mol. The number of anilines is 2. The van der Waals surface area contributed by atoms with Crippen molar-refractivity contribution < 1.29 is 29.0 Å². The average molecular weight is 728 g/mol. The van der Waals surface area contributed by atoms with E-state index in [4.69, 9.17) is 9.47 Å². The number of aliphatic hydroxyl groups is 1. The van der Waals surface area contributed by atoms with Crippen molar-refractivity contribution in [3.8, 4) is 5.75 Å². The molecule has 5 atom stereocenters. The number of likely N-dealkylation sites (tertiary alicyclic amines) is 1. The van der Waals surface area contributed by atoms with E-state index in [1.54, 1.807) is 7.11 Å². The van der Waals surface area contributed by atoms with Crippen LogP contribution in [-0.4, -0.2) is 81.3 Å². The zero-order chi connectivity index (χ0) is 37.4. The van der Waals surface area contributed by atoms with E-state index < -0.39 is 19.8 Å². The van der Waals surface area contributed by atoms with Gasteiger partial charge in [0.15, 0.2) is 5.60 Å². The number of carbonyl (C=O) groups excluding carboxylic acids is 3. The van der Waals surface area contributed by atoms with Gasteiger partial charge in [0.25, 0.3) is 5.91 Å². The van der Waals surface area contributed by atoms with Gasteiger partial charge in [-0.15, -0.1) is 0 Å². The first-order valence-electron chi connectivity index (χ1n) is 19.1. The van der Waals surface area contributed by atoms with E-state index in [1.807, 2.05) is 45.0 Å². The Morgan fingerprint density at radius 3 is 2.46 bits per heavy atom. The number of rotatable bonds is 12. The predicted molar refractivity (Wildman–Crippen MR) is 209 cm³/mol. The number of carbonyl (C=O) groups is 3. The molecule has 0 unspecified atom stereocenters. The molecule has 3 saturated heterocycles. The first-order chi connectivity index (χ1) is 24.8. The van der Waals surface area contributed by atoms with Crippen LogP contribution in [0.15, 0.2) is 65.8 Å². The summed E-state index contributed by atoms with van der Waals surface area (Å²) in [6, 6.07) is 14.0. The van der Waals surface area contributed by atoms with E-state index in [0.717, 1.165) is 54.8 Å². The molecule has 4 heterocycles. The summed E-state index contributed by atoms with van der Waals surface area (Å²) >= 11 is 0. The van der Waals surface area contributed by atoms with Crippen LogP contribution in [0, 0.1) is 5.92 Å². The summed E-state index contributed by atoms with van der Waals surface area (Å²) in [6.45, 7) is 14.7. The van der Waals surface area contributed by atoms with Crippen molar-refractivity contribution in [2.45, 2.75) is 109 Å². The van der Waals surface area contributed by atoms with Crippen molar-refractivity contribution in [1.29, 1.82) is 0 Å². The van der Waals surface area contributed by atoms with Gasteiger partial charge in [0.05, 0.1) is 46.0 Å². The number of nitrogens with zero attached hydrogens (tertiary/aromatic N) is 3. The van der Waals surface area contributed by atoms with E-state index in [2.05, 4.69) is 65.1 Å². The Bertz CT molecular complexity index is 1730. The molecule has 6 rings (SSSR count). The van der Waals surface area contributed by atoms with Crippen LogP contribution in [-0.2, 0) is 24.7 Å². The molecule has 2 aromatic rings. The zero-order valence-electron chi connectivity index (χ0n) is 32.1. The van der Waals surface area contributed by atoms with Gasteiger partial charge in [-0.25, -0.2) is 0 Å². The molecule has 0 saturated carbocycles. The number of hydrogen-bond donors (Lipinski definition) is 1. The Kier molecular flexibility index (Phi) is 11.2. The lowest BCUT2D eigenvalue weighted by atomic mass is 9.82. The Balaban J connectivity index is 1.44. The van der Waals surface area contributed by atoms with Crippen LogP contribution in [0.3, 0.4) is 0 Å². The fraction of sp³-hybridized carbons (Fsp3) is 0.548. The number of aliphatic hydroxyl groups excluding tert-OH is 1. The normalized spacial score (nSPS) is 26.2. The summed E-state index contributed by atoms with van der Waals surface area (Å²) in [5, 5.41) is 11.3. The highest BCUT2D eigenvalue weighted by molar-refractivity contribution is 6.91. The summed E-state index contributed by atoms with van der Waals surface area (Å²) < 4.78 is 12.8. The van der Waals surface area contributed by atoms with E-state index in [1.165, 1.54) is 16.3 Å². The van der Waals surface area contributed by atoms with Crippen LogP contribution >= 0.6 is 0 Å². The van der Waals surface area contributed by atoms with Crippen LogP contribution in [0.5, 0.6) is 5.75 Å². The second-order valence-corrected chi connectivity index (χ2v) is 20.8. The quantitative estimate of drug-likeness (QED) is 0.199.